The lowest BCUT2D eigenvalue weighted by Gasteiger charge is -2.03. The highest BCUT2D eigenvalue weighted by molar-refractivity contribution is 5.71. The molecule has 0 amide bonds. The minimum atomic E-state index is -0.896. The Morgan fingerprint density at radius 1 is 1.26 bits per heavy atom. The van der Waals surface area contributed by atoms with Crippen molar-refractivity contribution in [3.8, 4) is 11.3 Å². The highest BCUT2D eigenvalue weighted by Gasteiger charge is 2.08. The maximum absolute atomic E-state index is 10.7. The Morgan fingerprint density at radius 2 is 2.16 bits per heavy atom. The minimum Gasteiger partial charge on any atom is -0.481 e. The molecule has 0 spiro atoms. The van der Waals surface area contributed by atoms with Crippen LogP contribution in [-0.4, -0.2) is 30.4 Å². The van der Waals surface area contributed by atoms with E-state index in [0.29, 0.717) is 5.69 Å². The van der Waals surface area contributed by atoms with Crippen LogP contribution in [0.5, 0.6) is 0 Å². The Bertz CT molecular complexity index is 751. The Kier molecular flexibility index (Phi) is 2.68. The van der Waals surface area contributed by atoms with Gasteiger partial charge in [-0.2, -0.15) is 0 Å². The van der Waals surface area contributed by atoms with Gasteiger partial charge in [0.2, 0.25) is 0 Å². The van der Waals surface area contributed by atoms with Gasteiger partial charge in [-0.1, -0.05) is 0 Å². The third-order valence-corrected chi connectivity index (χ3v) is 2.76. The first-order valence-electron chi connectivity index (χ1n) is 5.68. The number of carboxylic acid groups (broad SMARTS) is 1. The summed E-state index contributed by atoms with van der Waals surface area (Å²) < 4.78 is 1.90. The van der Waals surface area contributed by atoms with Gasteiger partial charge in [-0.25, -0.2) is 4.98 Å². The molecule has 0 aliphatic heterocycles. The average Bonchev–Trinajstić information content (AvgIpc) is 2.82. The second-order valence-electron chi connectivity index (χ2n) is 4.05. The molecule has 0 bridgehead atoms. The summed E-state index contributed by atoms with van der Waals surface area (Å²) in [4.78, 5) is 23.0. The normalized spacial score (nSPS) is 10.7. The van der Waals surface area contributed by atoms with Crippen LogP contribution in [0.3, 0.4) is 0 Å². The summed E-state index contributed by atoms with van der Waals surface area (Å²) in [6.45, 7) is 0. The quantitative estimate of drug-likeness (QED) is 0.764. The molecule has 94 valence electrons. The van der Waals surface area contributed by atoms with Crippen molar-refractivity contribution in [2.24, 2.45) is 0 Å². The molecule has 0 saturated carbocycles. The first-order valence-corrected chi connectivity index (χ1v) is 5.68. The van der Waals surface area contributed by atoms with Crippen molar-refractivity contribution < 1.29 is 9.90 Å². The maximum atomic E-state index is 10.7. The molecule has 0 aliphatic rings. The van der Waals surface area contributed by atoms with E-state index in [0.717, 1.165) is 16.9 Å². The largest absolute Gasteiger partial charge is 0.481 e. The third-order valence-electron chi connectivity index (χ3n) is 2.76. The summed E-state index contributed by atoms with van der Waals surface area (Å²) >= 11 is 0. The zero-order valence-electron chi connectivity index (χ0n) is 9.89. The molecule has 3 aromatic heterocycles. The van der Waals surface area contributed by atoms with Crippen LogP contribution in [-0.2, 0) is 11.2 Å². The van der Waals surface area contributed by atoms with Crippen molar-refractivity contribution in [2.45, 2.75) is 6.42 Å². The number of nitrogens with zero attached hydrogens (tertiary/aromatic N) is 4. The maximum Gasteiger partial charge on any atom is 0.309 e. The third kappa shape index (κ3) is 2.15. The fourth-order valence-corrected chi connectivity index (χ4v) is 1.94. The van der Waals surface area contributed by atoms with Crippen molar-refractivity contribution in [2.75, 3.05) is 0 Å². The molecule has 19 heavy (non-hydrogen) atoms. The van der Waals surface area contributed by atoms with E-state index >= 15 is 0 Å². The number of imidazole rings is 1. The van der Waals surface area contributed by atoms with E-state index in [4.69, 9.17) is 5.11 Å². The number of pyridine rings is 1. The highest BCUT2D eigenvalue weighted by atomic mass is 16.4. The van der Waals surface area contributed by atoms with Crippen LogP contribution in [0.15, 0.2) is 43.1 Å². The number of carbonyl (C=O) groups is 1. The van der Waals surface area contributed by atoms with Gasteiger partial charge >= 0.3 is 5.97 Å². The second-order valence-corrected chi connectivity index (χ2v) is 4.05. The molecular formula is C13H10N4O2. The predicted molar refractivity (Wildman–Crippen MR) is 67.6 cm³/mol. The molecule has 3 aromatic rings. The zero-order valence-corrected chi connectivity index (χ0v) is 9.89. The van der Waals surface area contributed by atoms with E-state index in [2.05, 4.69) is 15.0 Å². The lowest BCUT2D eigenvalue weighted by atomic mass is 10.1. The lowest BCUT2D eigenvalue weighted by molar-refractivity contribution is -0.136. The molecule has 3 heterocycles. The van der Waals surface area contributed by atoms with Crippen molar-refractivity contribution in [1.29, 1.82) is 0 Å². The molecule has 1 N–H and O–H groups in total. The second kappa shape index (κ2) is 4.49. The fraction of sp³-hybridized carbons (Fsp3) is 0.0769. The van der Waals surface area contributed by atoms with E-state index < -0.39 is 5.97 Å². The molecule has 0 fully saturated rings. The van der Waals surface area contributed by atoms with Gasteiger partial charge in [0, 0.05) is 24.2 Å². The van der Waals surface area contributed by atoms with Gasteiger partial charge in [0.15, 0.2) is 5.65 Å². The summed E-state index contributed by atoms with van der Waals surface area (Å²) in [5.74, 6) is -0.896. The van der Waals surface area contributed by atoms with Gasteiger partial charge in [0.1, 0.15) is 0 Å². The topological polar surface area (TPSA) is 80.4 Å². The van der Waals surface area contributed by atoms with Crippen LogP contribution in [0.2, 0.25) is 0 Å². The molecule has 6 heteroatoms. The van der Waals surface area contributed by atoms with Crippen molar-refractivity contribution >= 4 is 11.6 Å². The minimum absolute atomic E-state index is 0.0911. The van der Waals surface area contributed by atoms with E-state index in [1.54, 1.807) is 30.9 Å². The summed E-state index contributed by atoms with van der Waals surface area (Å²) in [5.41, 5.74) is 3.03. The van der Waals surface area contributed by atoms with E-state index in [9.17, 15) is 4.79 Å². The van der Waals surface area contributed by atoms with Gasteiger partial charge in [0.05, 0.1) is 30.2 Å². The molecular weight excluding hydrogens is 244 g/mol. The summed E-state index contributed by atoms with van der Waals surface area (Å²) in [7, 11) is 0. The smallest absolute Gasteiger partial charge is 0.309 e. The van der Waals surface area contributed by atoms with Gasteiger partial charge in [-0.05, 0) is 12.1 Å². The SMILES string of the molecule is O=C(O)Cc1cc(-c2cnc3cnccn23)ccn1. The molecule has 0 aliphatic carbocycles. The van der Waals surface area contributed by atoms with Gasteiger partial charge in [-0.15, -0.1) is 0 Å². The summed E-state index contributed by atoms with van der Waals surface area (Å²) in [5, 5.41) is 8.79. The number of hydrogen-bond acceptors (Lipinski definition) is 4. The Hall–Kier alpha value is -2.76. The van der Waals surface area contributed by atoms with Crippen LogP contribution in [0.25, 0.3) is 16.9 Å². The molecule has 6 nitrogen and oxygen atoms in total. The molecule has 0 radical (unpaired) electrons. The molecule has 0 unspecified atom stereocenters. The van der Waals surface area contributed by atoms with Crippen LogP contribution < -0.4 is 0 Å². The number of rotatable bonds is 3. The fourth-order valence-electron chi connectivity index (χ4n) is 1.94. The molecule has 0 aromatic carbocycles. The summed E-state index contributed by atoms with van der Waals surface area (Å²) in [6, 6.07) is 3.59. The van der Waals surface area contributed by atoms with Gasteiger partial charge in [0.25, 0.3) is 0 Å². The standard InChI is InChI=1S/C13H10N4O2/c18-13(19)6-10-5-9(1-2-15-10)11-7-16-12-8-14-3-4-17(11)12/h1-5,7-8H,6H2,(H,18,19). The highest BCUT2D eigenvalue weighted by Crippen LogP contribution is 2.20. The number of fused-ring (bicyclic) bond motifs is 1. The van der Waals surface area contributed by atoms with Gasteiger partial charge < -0.3 is 5.11 Å². The Balaban J connectivity index is 2.09. The van der Waals surface area contributed by atoms with Crippen molar-refractivity contribution in [3.63, 3.8) is 0 Å². The number of hydrogen-bond donors (Lipinski definition) is 1. The number of aliphatic carboxylic acids is 1. The first kappa shape index (κ1) is 11.3. The zero-order chi connectivity index (χ0) is 13.2. The first-order chi connectivity index (χ1) is 9.24. The number of aromatic nitrogens is 4. The van der Waals surface area contributed by atoms with Crippen molar-refractivity contribution in [1.82, 2.24) is 19.4 Å². The molecule has 0 atom stereocenters. The molecule has 3 rings (SSSR count). The average molecular weight is 254 g/mol. The number of carboxylic acids is 1. The Morgan fingerprint density at radius 3 is 3.00 bits per heavy atom. The van der Waals surface area contributed by atoms with Crippen molar-refractivity contribution in [3.05, 3.63) is 48.8 Å². The van der Waals surface area contributed by atoms with Gasteiger partial charge in [-0.3, -0.25) is 19.2 Å². The van der Waals surface area contributed by atoms with Crippen LogP contribution in [0, 0.1) is 0 Å². The van der Waals surface area contributed by atoms with Crippen LogP contribution in [0.1, 0.15) is 5.69 Å². The van der Waals surface area contributed by atoms with Crippen LogP contribution >= 0.6 is 0 Å². The Labute approximate surface area is 108 Å². The predicted octanol–water partition coefficient (Wildman–Crippen LogP) is 1.42. The van der Waals surface area contributed by atoms with E-state index in [1.807, 2.05) is 16.7 Å². The molecule has 0 saturated heterocycles. The van der Waals surface area contributed by atoms with E-state index in [-0.39, 0.29) is 6.42 Å². The lowest BCUT2D eigenvalue weighted by Crippen LogP contribution is -2.02. The van der Waals surface area contributed by atoms with Crippen LogP contribution in [0.4, 0.5) is 0 Å². The summed E-state index contributed by atoms with van der Waals surface area (Å²) in [6.07, 6.45) is 8.41. The van der Waals surface area contributed by atoms with E-state index in [1.165, 1.54) is 0 Å². The monoisotopic (exact) mass is 254 g/mol.